The summed E-state index contributed by atoms with van der Waals surface area (Å²) in [6.45, 7) is 7.11. The number of hydrogen-bond donors (Lipinski definition) is 2. The van der Waals surface area contributed by atoms with Gasteiger partial charge < -0.3 is 0 Å². The molecule has 0 radical (unpaired) electrons. The predicted octanol–water partition coefficient (Wildman–Crippen LogP) is -0.346. The normalized spacial score (nSPS) is 38.8. The predicted molar refractivity (Wildman–Crippen MR) is 52.0 cm³/mol. The second-order valence-corrected chi connectivity index (χ2v) is 5.29. The van der Waals surface area contributed by atoms with Gasteiger partial charge in [0.1, 0.15) is 8.37 Å². The molecule has 0 aromatic heterocycles. The lowest BCUT2D eigenvalue weighted by atomic mass is 10.4. The molecule has 0 aliphatic carbocycles. The third-order valence-corrected chi connectivity index (χ3v) is 4.39. The van der Waals surface area contributed by atoms with Gasteiger partial charge in [-0.15, -0.1) is 0 Å². The minimum Gasteiger partial charge on any atom is -0.300 e. The van der Waals surface area contributed by atoms with Crippen LogP contribution < -0.4 is 10.2 Å². The van der Waals surface area contributed by atoms with E-state index in [0.717, 1.165) is 13.1 Å². The van der Waals surface area contributed by atoms with E-state index in [9.17, 15) is 0 Å². The van der Waals surface area contributed by atoms with Crippen molar-refractivity contribution >= 4 is 8.37 Å². The summed E-state index contributed by atoms with van der Waals surface area (Å²) < 4.78 is 2.40. The first-order chi connectivity index (χ1) is 5.86. The number of likely N-dealkylation sites (N-methyl/N-ethyl adjacent to an activating group) is 1. The van der Waals surface area contributed by atoms with Gasteiger partial charge in [-0.25, -0.2) is 0 Å². The Bertz CT molecular complexity index is 142. The van der Waals surface area contributed by atoms with Gasteiger partial charge in [-0.1, -0.05) is 0 Å². The molecule has 0 spiro atoms. The zero-order chi connectivity index (χ0) is 8.39. The molecular weight excluding hydrogens is 171 g/mol. The van der Waals surface area contributed by atoms with Crippen LogP contribution in [0.25, 0.3) is 0 Å². The van der Waals surface area contributed by atoms with Crippen molar-refractivity contribution in [1.29, 1.82) is 0 Å². The Morgan fingerprint density at radius 3 is 2.33 bits per heavy atom. The molecule has 3 fully saturated rings. The van der Waals surface area contributed by atoms with Gasteiger partial charge in [-0.2, -0.15) is 0 Å². The molecule has 12 heavy (non-hydrogen) atoms. The topological polar surface area (TPSA) is 30.5 Å². The quantitative estimate of drug-likeness (QED) is 0.509. The maximum absolute atomic E-state index is 3.54. The Balaban J connectivity index is 2.02. The first-order valence-electron chi connectivity index (χ1n) is 4.57. The minimum absolute atomic E-state index is 0.232. The smallest absolute Gasteiger partial charge is 0.114 e. The second kappa shape index (κ2) is 3.99. The van der Waals surface area contributed by atoms with E-state index < -0.39 is 0 Å². The van der Waals surface area contributed by atoms with Crippen molar-refractivity contribution in [3.8, 4) is 0 Å². The number of hydrogen-bond acceptors (Lipinski definition) is 4. The SMILES string of the molecule is CN1CCN2CCNP1NCC2. The van der Waals surface area contributed by atoms with Gasteiger partial charge in [0.2, 0.25) is 0 Å². The van der Waals surface area contributed by atoms with Gasteiger partial charge in [0.25, 0.3) is 0 Å². The van der Waals surface area contributed by atoms with Gasteiger partial charge >= 0.3 is 0 Å². The Morgan fingerprint density at radius 1 is 1.00 bits per heavy atom. The van der Waals surface area contributed by atoms with Crippen LogP contribution in [0.15, 0.2) is 0 Å². The Hall–Kier alpha value is 0.270. The summed E-state index contributed by atoms with van der Waals surface area (Å²) >= 11 is 0. The summed E-state index contributed by atoms with van der Waals surface area (Å²) in [5.74, 6) is 0. The van der Waals surface area contributed by atoms with Crippen LogP contribution in [-0.2, 0) is 0 Å². The molecule has 0 unspecified atom stereocenters. The largest absolute Gasteiger partial charge is 0.300 e. The number of rotatable bonds is 0. The first kappa shape index (κ1) is 8.85. The van der Waals surface area contributed by atoms with E-state index in [-0.39, 0.29) is 8.37 Å². The van der Waals surface area contributed by atoms with E-state index in [1.165, 1.54) is 26.2 Å². The van der Waals surface area contributed by atoms with Gasteiger partial charge in [-0.05, 0) is 7.05 Å². The van der Waals surface area contributed by atoms with Crippen molar-refractivity contribution in [3.63, 3.8) is 0 Å². The lowest BCUT2D eigenvalue weighted by molar-refractivity contribution is 0.247. The van der Waals surface area contributed by atoms with Crippen LogP contribution in [0.5, 0.6) is 0 Å². The van der Waals surface area contributed by atoms with Gasteiger partial charge in [0, 0.05) is 39.3 Å². The Kier molecular flexibility index (Phi) is 2.94. The molecule has 0 amide bonds. The maximum Gasteiger partial charge on any atom is 0.114 e. The Morgan fingerprint density at radius 2 is 1.67 bits per heavy atom. The van der Waals surface area contributed by atoms with Crippen LogP contribution in [0.4, 0.5) is 0 Å². The molecule has 0 aromatic carbocycles. The molecule has 0 atom stereocenters. The van der Waals surface area contributed by atoms with Crippen LogP contribution in [0.3, 0.4) is 0 Å². The number of nitrogens with zero attached hydrogens (tertiary/aromatic N) is 2. The molecule has 0 saturated carbocycles. The number of fused-ring (bicyclic) bond motifs is 6. The summed E-state index contributed by atoms with van der Waals surface area (Å²) in [6, 6.07) is 0. The molecular formula is C7H17N4P. The molecule has 3 saturated heterocycles. The summed E-state index contributed by atoms with van der Waals surface area (Å²) in [4.78, 5) is 2.52. The van der Waals surface area contributed by atoms with Crippen LogP contribution in [0, 0.1) is 0 Å². The fourth-order valence-corrected chi connectivity index (χ4v) is 3.15. The average molecular weight is 188 g/mol. The highest BCUT2D eigenvalue weighted by Gasteiger charge is 2.21. The third kappa shape index (κ3) is 1.95. The van der Waals surface area contributed by atoms with Crippen molar-refractivity contribution in [2.75, 3.05) is 46.3 Å². The molecule has 70 valence electrons. The lowest BCUT2D eigenvalue weighted by Crippen LogP contribution is -2.48. The highest BCUT2D eigenvalue weighted by molar-refractivity contribution is 7.50. The summed E-state index contributed by atoms with van der Waals surface area (Å²) in [6.07, 6.45) is 0. The first-order valence-corrected chi connectivity index (χ1v) is 5.86. The van der Waals surface area contributed by atoms with Crippen molar-refractivity contribution < 1.29 is 0 Å². The van der Waals surface area contributed by atoms with Crippen LogP contribution in [-0.4, -0.2) is 55.9 Å². The molecule has 4 nitrogen and oxygen atoms in total. The summed E-state index contributed by atoms with van der Waals surface area (Å²) in [5, 5.41) is 7.08. The molecule has 2 N–H and O–H groups in total. The fraction of sp³-hybridized carbons (Fsp3) is 1.00. The van der Waals surface area contributed by atoms with Crippen LogP contribution in [0.2, 0.25) is 0 Å². The van der Waals surface area contributed by atoms with Gasteiger partial charge in [0.05, 0.1) is 0 Å². The van der Waals surface area contributed by atoms with Crippen LogP contribution >= 0.6 is 8.37 Å². The average Bonchev–Trinajstić information content (AvgIpc) is 1.97. The van der Waals surface area contributed by atoms with Crippen molar-refractivity contribution in [3.05, 3.63) is 0 Å². The standard InChI is InChI=1S/C7H17N4P/c1-10-6-7-11-4-2-8-12(10)9-3-5-11/h8-9H,2-7H2,1H3. The Labute approximate surface area is 75.2 Å². The number of nitrogens with one attached hydrogen (secondary N) is 2. The molecule has 2 bridgehead atoms. The van der Waals surface area contributed by atoms with Crippen molar-refractivity contribution in [2.45, 2.75) is 0 Å². The van der Waals surface area contributed by atoms with Gasteiger partial charge in [0.15, 0.2) is 0 Å². The third-order valence-electron chi connectivity index (χ3n) is 2.46. The summed E-state index contributed by atoms with van der Waals surface area (Å²) in [7, 11) is 1.96. The van der Waals surface area contributed by atoms with E-state index in [1.807, 2.05) is 0 Å². The lowest BCUT2D eigenvalue weighted by Gasteiger charge is -2.38. The molecule has 3 heterocycles. The molecule has 5 heteroatoms. The summed E-state index contributed by atoms with van der Waals surface area (Å²) in [5.41, 5.74) is 0. The van der Waals surface area contributed by atoms with Crippen molar-refractivity contribution in [1.82, 2.24) is 19.7 Å². The maximum atomic E-state index is 3.54. The van der Waals surface area contributed by atoms with Crippen molar-refractivity contribution in [2.24, 2.45) is 0 Å². The zero-order valence-corrected chi connectivity index (χ0v) is 8.48. The van der Waals surface area contributed by atoms with E-state index in [0.29, 0.717) is 0 Å². The van der Waals surface area contributed by atoms with E-state index >= 15 is 0 Å². The van der Waals surface area contributed by atoms with Gasteiger partial charge in [-0.3, -0.25) is 19.7 Å². The minimum atomic E-state index is -0.232. The van der Waals surface area contributed by atoms with Crippen LogP contribution in [0.1, 0.15) is 0 Å². The highest BCUT2D eigenvalue weighted by atomic mass is 31.1. The van der Waals surface area contributed by atoms with E-state index in [4.69, 9.17) is 0 Å². The fourth-order valence-electron chi connectivity index (χ4n) is 1.65. The molecule has 3 rings (SSSR count). The van der Waals surface area contributed by atoms with E-state index in [2.05, 4.69) is 26.8 Å². The highest BCUT2D eigenvalue weighted by Crippen LogP contribution is 2.30. The molecule has 3 aliphatic heterocycles. The zero-order valence-electron chi connectivity index (χ0n) is 7.58. The van der Waals surface area contributed by atoms with E-state index in [1.54, 1.807) is 0 Å². The molecule has 0 aromatic rings. The second-order valence-electron chi connectivity index (χ2n) is 3.35. The monoisotopic (exact) mass is 188 g/mol. The molecule has 3 aliphatic rings.